The van der Waals surface area contributed by atoms with Crippen molar-refractivity contribution in [3.8, 4) is 11.5 Å². The van der Waals surface area contributed by atoms with Gasteiger partial charge in [0.2, 0.25) is 0 Å². The van der Waals surface area contributed by atoms with E-state index in [1.165, 1.54) is 5.56 Å². The van der Waals surface area contributed by atoms with Crippen molar-refractivity contribution >= 4 is 0 Å². The molecule has 4 nitrogen and oxygen atoms in total. The number of methoxy groups -OCH3 is 1. The molecule has 1 saturated heterocycles. The van der Waals surface area contributed by atoms with Crippen LogP contribution < -0.4 is 15.2 Å². The normalized spacial score (nSPS) is 19.9. The summed E-state index contributed by atoms with van der Waals surface area (Å²) in [6.45, 7) is 8.00. The average molecular weight is 354 g/mol. The highest BCUT2D eigenvalue weighted by Gasteiger charge is 2.33. The van der Waals surface area contributed by atoms with Gasteiger partial charge in [-0.1, -0.05) is 50.2 Å². The molecule has 2 aromatic rings. The van der Waals surface area contributed by atoms with Crippen LogP contribution in [0, 0.1) is 5.41 Å². The van der Waals surface area contributed by atoms with Crippen molar-refractivity contribution in [2.45, 2.75) is 39.5 Å². The van der Waals surface area contributed by atoms with E-state index in [0.717, 1.165) is 43.1 Å². The van der Waals surface area contributed by atoms with Gasteiger partial charge in [0.1, 0.15) is 6.61 Å². The smallest absolute Gasteiger partial charge is 0.161 e. The molecule has 0 spiro atoms. The molecule has 1 atom stereocenters. The Morgan fingerprint density at radius 2 is 1.85 bits per heavy atom. The van der Waals surface area contributed by atoms with E-state index in [0.29, 0.717) is 6.61 Å². The van der Waals surface area contributed by atoms with Crippen molar-refractivity contribution in [2.75, 3.05) is 20.2 Å². The average Bonchev–Trinajstić information content (AvgIpc) is 2.64. The van der Waals surface area contributed by atoms with Gasteiger partial charge in [0.25, 0.3) is 0 Å². The Kier molecular flexibility index (Phi) is 5.84. The monoisotopic (exact) mass is 354 g/mol. The molecule has 2 aromatic carbocycles. The van der Waals surface area contributed by atoms with Crippen molar-refractivity contribution in [3.05, 3.63) is 59.7 Å². The van der Waals surface area contributed by atoms with Crippen LogP contribution in [0.3, 0.4) is 0 Å². The Balaban J connectivity index is 1.69. The van der Waals surface area contributed by atoms with Crippen LogP contribution in [0.1, 0.15) is 31.4 Å². The number of rotatable bonds is 6. The van der Waals surface area contributed by atoms with Gasteiger partial charge in [0, 0.05) is 25.7 Å². The minimum Gasteiger partial charge on any atom is -0.493 e. The van der Waals surface area contributed by atoms with Crippen molar-refractivity contribution in [1.82, 2.24) is 4.90 Å². The molecule has 1 unspecified atom stereocenters. The summed E-state index contributed by atoms with van der Waals surface area (Å²) in [5, 5.41) is 0. The Labute approximate surface area is 156 Å². The summed E-state index contributed by atoms with van der Waals surface area (Å²) >= 11 is 0. The maximum Gasteiger partial charge on any atom is 0.161 e. The van der Waals surface area contributed by atoms with Crippen molar-refractivity contribution in [2.24, 2.45) is 11.1 Å². The van der Waals surface area contributed by atoms with Gasteiger partial charge in [-0.3, -0.25) is 4.90 Å². The summed E-state index contributed by atoms with van der Waals surface area (Å²) < 4.78 is 11.5. The summed E-state index contributed by atoms with van der Waals surface area (Å²) in [7, 11) is 1.68. The minimum absolute atomic E-state index is 0.150. The highest BCUT2D eigenvalue weighted by Crippen LogP contribution is 2.32. The summed E-state index contributed by atoms with van der Waals surface area (Å²) in [5.74, 6) is 1.56. The molecular formula is C22H30N2O2. The second-order valence-electron chi connectivity index (χ2n) is 7.85. The third-order valence-electron chi connectivity index (χ3n) is 5.26. The SMILES string of the molecule is COc1ccc(CN2CCC(N)C(C)(C)C2)cc1OCc1ccccc1. The topological polar surface area (TPSA) is 47.7 Å². The molecular weight excluding hydrogens is 324 g/mol. The van der Waals surface area contributed by atoms with Gasteiger partial charge in [-0.2, -0.15) is 0 Å². The number of hydrogen-bond acceptors (Lipinski definition) is 4. The molecule has 26 heavy (non-hydrogen) atoms. The Morgan fingerprint density at radius 3 is 2.54 bits per heavy atom. The van der Waals surface area contributed by atoms with Crippen LogP contribution in [0.25, 0.3) is 0 Å². The number of ether oxygens (including phenoxy) is 2. The third kappa shape index (κ3) is 4.57. The second-order valence-corrected chi connectivity index (χ2v) is 7.85. The molecule has 0 radical (unpaired) electrons. The Hall–Kier alpha value is -2.04. The van der Waals surface area contributed by atoms with Crippen molar-refractivity contribution < 1.29 is 9.47 Å². The number of piperidine rings is 1. The lowest BCUT2D eigenvalue weighted by Gasteiger charge is -2.42. The molecule has 0 saturated carbocycles. The van der Waals surface area contributed by atoms with Crippen LogP contribution in [0.4, 0.5) is 0 Å². The zero-order chi connectivity index (χ0) is 18.6. The van der Waals surface area contributed by atoms with E-state index in [2.05, 4.69) is 43.0 Å². The first kappa shape index (κ1) is 18.7. The molecule has 0 aliphatic carbocycles. The van der Waals surface area contributed by atoms with Crippen molar-refractivity contribution in [3.63, 3.8) is 0 Å². The maximum absolute atomic E-state index is 6.26. The number of hydrogen-bond donors (Lipinski definition) is 1. The molecule has 0 bridgehead atoms. The van der Waals surface area contributed by atoms with E-state index >= 15 is 0 Å². The van der Waals surface area contributed by atoms with Crippen LogP contribution in [0.5, 0.6) is 11.5 Å². The molecule has 1 fully saturated rings. The van der Waals surface area contributed by atoms with Gasteiger partial charge in [0.05, 0.1) is 7.11 Å². The van der Waals surface area contributed by atoms with Gasteiger partial charge in [-0.25, -0.2) is 0 Å². The van der Waals surface area contributed by atoms with Crippen LogP contribution in [-0.2, 0) is 13.2 Å². The van der Waals surface area contributed by atoms with Gasteiger partial charge in [0.15, 0.2) is 11.5 Å². The predicted octanol–water partition coefficient (Wildman–Crippen LogP) is 3.83. The lowest BCUT2D eigenvalue weighted by molar-refractivity contribution is 0.0898. The fourth-order valence-electron chi connectivity index (χ4n) is 3.55. The van der Waals surface area contributed by atoms with Gasteiger partial charge in [-0.15, -0.1) is 0 Å². The molecule has 140 valence electrons. The Bertz CT molecular complexity index is 715. The zero-order valence-corrected chi connectivity index (χ0v) is 16.1. The highest BCUT2D eigenvalue weighted by molar-refractivity contribution is 5.43. The van der Waals surface area contributed by atoms with E-state index in [4.69, 9.17) is 15.2 Å². The van der Waals surface area contributed by atoms with E-state index in [9.17, 15) is 0 Å². The number of nitrogens with zero attached hydrogens (tertiary/aromatic N) is 1. The third-order valence-corrected chi connectivity index (χ3v) is 5.26. The van der Waals surface area contributed by atoms with E-state index < -0.39 is 0 Å². The Morgan fingerprint density at radius 1 is 1.08 bits per heavy atom. The molecule has 0 amide bonds. The van der Waals surface area contributed by atoms with Gasteiger partial charge in [-0.05, 0) is 35.1 Å². The minimum atomic E-state index is 0.150. The summed E-state index contributed by atoms with van der Waals surface area (Å²) in [5.41, 5.74) is 8.79. The number of nitrogens with two attached hydrogens (primary N) is 1. The van der Waals surface area contributed by atoms with E-state index in [1.54, 1.807) is 7.11 Å². The molecule has 1 aliphatic rings. The fourth-order valence-corrected chi connectivity index (χ4v) is 3.55. The van der Waals surface area contributed by atoms with Crippen LogP contribution in [-0.4, -0.2) is 31.1 Å². The van der Waals surface area contributed by atoms with Gasteiger partial charge < -0.3 is 15.2 Å². The van der Waals surface area contributed by atoms with Crippen LogP contribution in [0.15, 0.2) is 48.5 Å². The van der Waals surface area contributed by atoms with Gasteiger partial charge >= 0.3 is 0 Å². The predicted molar refractivity (Wildman–Crippen MR) is 105 cm³/mol. The summed E-state index contributed by atoms with van der Waals surface area (Å²) in [6.07, 6.45) is 1.04. The lowest BCUT2D eigenvalue weighted by Crippen LogP contribution is -2.52. The molecule has 1 heterocycles. The van der Waals surface area contributed by atoms with E-state index in [-0.39, 0.29) is 11.5 Å². The molecule has 2 N–H and O–H groups in total. The number of likely N-dealkylation sites (tertiary alicyclic amines) is 1. The number of benzene rings is 2. The van der Waals surface area contributed by atoms with E-state index in [1.807, 2.05) is 24.3 Å². The summed E-state index contributed by atoms with van der Waals surface area (Å²) in [6, 6.07) is 16.7. The quantitative estimate of drug-likeness (QED) is 0.856. The standard InChI is InChI=1S/C22H30N2O2/c1-22(2)16-24(12-11-21(22)23)14-18-9-10-19(25-3)20(13-18)26-15-17-7-5-4-6-8-17/h4-10,13,21H,11-12,14-16,23H2,1-3H3. The molecule has 0 aromatic heterocycles. The lowest BCUT2D eigenvalue weighted by atomic mass is 9.79. The van der Waals surface area contributed by atoms with Crippen LogP contribution in [0.2, 0.25) is 0 Å². The highest BCUT2D eigenvalue weighted by atomic mass is 16.5. The maximum atomic E-state index is 6.26. The molecule has 1 aliphatic heterocycles. The second kappa shape index (κ2) is 8.11. The zero-order valence-electron chi connectivity index (χ0n) is 16.1. The largest absolute Gasteiger partial charge is 0.493 e. The first-order valence-corrected chi connectivity index (χ1v) is 9.29. The molecule has 4 heteroatoms. The van der Waals surface area contributed by atoms with Crippen molar-refractivity contribution in [1.29, 1.82) is 0 Å². The summed E-state index contributed by atoms with van der Waals surface area (Å²) in [4.78, 5) is 2.48. The first-order valence-electron chi connectivity index (χ1n) is 9.29. The van der Waals surface area contributed by atoms with Crippen LogP contribution >= 0.6 is 0 Å². The fraction of sp³-hybridized carbons (Fsp3) is 0.455. The molecule has 3 rings (SSSR count). The first-order chi connectivity index (χ1) is 12.5.